The molecule has 4 nitrogen and oxygen atoms in total. The predicted octanol–water partition coefficient (Wildman–Crippen LogP) is 1.64. The van der Waals surface area contributed by atoms with Crippen LogP contribution in [-0.4, -0.2) is 32.2 Å². The minimum absolute atomic E-state index is 0.422. The average Bonchev–Trinajstić information content (AvgIpc) is 2.40. The molecule has 1 aromatic rings. The van der Waals surface area contributed by atoms with Crippen molar-refractivity contribution in [3.8, 4) is 0 Å². The number of morpholine rings is 1. The molecule has 2 N–H and O–H groups in total. The van der Waals surface area contributed by atoms with E-state index in [9.17, 15) is 4.79 Å². The van der Waals surface area contributed by atoms with Crippen molar-refractivity contribution in [3.05, 3.63) is 34.9 Å². The number of hydrogen-bond acceptors (Lipinski definition) is 3. The number of carbonyl (C=O) groups excluding carboxylic acids is 1. The van der Waals surface area contributed by atoms with Gasteiger partial charge in [0.1, 0.15) is 0 Å². The van der Waals surface area contributed by atoms with Crippen LogP contribution in [0.1, 0.15) is 16.7 Å². The quantitative estimate of drug-likeness (QED) is 0.841. The Hall–Kier alpha value is -1.81. The average molecular weight is 260 g/mol. The largest absolute Gasteiger partial charge is 0.378 e. The van der Waals surface area contributed by atoms with Crippen LogP contribution in [0.15, 0.2) is 18.2 Å². The third-order valence-corrected chi connectivity index (χ3v) is 3.36. The second-order valence-corrected chi connectivity index (χ2v) is 4.83. The van der Waals surface area contributed by atoms with Gasteiger partial charge >= 0.3 is 0 Å². The SMILES string of the molecule is Cc1cc(N2CCOCC2)c(C)cc1/C=C/C(N)=O. The summed E-state index contributed by atoms with van der Waals surface area (Å²) in [6, 6.07) is 4.26. The number of carbonyl (C=O) groups is 1. The summed E-state index contributed by atoms with van der Waals surface area (Å²) >= 11 is 0. The standard InChI is InChI=1S/C15H20N2O2/c1-11-10-14(17-5-7-19-8-6-17)12(2)9-13(11)3-4-15(16)18/h3-4,9-10H,5-8H2,1-2H3,(H2,16,18)/b4-3+. The molecule has 1 saturated heterocycles. The van der Waals surface area contributed by atoms with Crippen molar-refractivity contribution < 1.29 is 9.53 Å². The Kier molecular flexibility index (Phi) is 4.22. The molecule has 1 heterocycles. The molecule has 19 heavy (non-hydrogen) atoms. The molecule has 0 bridgehead atoms. The lowest BCUT2D eigenvalue weighted by atomic mass is 10.0. The van der Waals surface area contributed by atoms with Gasteiger partial charge < -0.3 is 15.4 Å². The molecule has 0 radical (unpaired) electrons. The predicted molar refractivity (Wildman–Crippen MR) is 77.2 cm³/mol. The van der Waals surface area contributed by atoms with Crippen LogP contribution in [0.2, 0.25) is 0 Å². The minimum atomic E-state index is -0.422. The smallest absolute Gasteiger partial charge is 0.241 e. The number of benzene rings is 1. The zero-order valence-corrected chi connectivity index (χ0v) is 11.5. The number of aryl methyl sites for hydroxylation is 2. The third kappa shape index (κ3) is 3.35. The summed E-state index contributed by atoms with van der Waals surface area (Å²) in [6.45, 7) is 7.55. The lowest BCUT2D eigenvalue weighted by molar-refractivity contribution is -0.113. The third-order valence-electron chi connectivity index (χ3n) is 3.36. The van der Waals surface area contributed by atoms with Gasteiger partial charge in [0, 0.05) is 24.9 Å². The first-order valence-electron chi connectivity index (χ1n) is 6.49. The zero-order chi connectivity index (χ0) is 13.8. The van der Waals surface area contributed by atoms with E-state index in [4.69, 9.17) is 10.5 Å². The molecule has 0 atom stereocenters. The fourth-order valence-electron chi connectivity index (χ4n) is 2.32. The Bertz CT molecular complexity index is 503. The highest BCUT2D eigenvalue weighted by atomic mass is 16.5. The van der Waals surface area contributed by atoms with Crippen LogP contribution in [-0.2, 0) is 9.53 Å². The molecule has 0 saturated carbocycles. The Morgan fingerprint density at radius 1 is 1.26 bits per heavy atom. The van der Waals surface area contributed by atoms with Crippen LogP contribution in [0.4, 0.5) is 5.69 Å². The van der Waals surface area contributed by atoms with Crippen molar-refractivity contribution in [1.29, 1.82) is 0 Å². The summed E-state index contributed by atoms with van der Waals surface area (Å²) in [5, 5.41) is 0. The van der Waals surface area contributed by atoms with E-state index in [2.05, 4.69) is 24.0 Å². The highest BCUT2D eigenvalue weighted by Gasteiger charge is 2.14. The fraction of sp³-hybridized carbons (Fsp3) is 0.400. The van der Waals surface area contributed by atoms with Crippen molar-refractivity contribution in [3.63, 3.8) is 0 Å². The van der Waals surface area contributed by atoms with Gasteiger partial charge in [-0.1, -0.05) is 0 Å². The first-order chi connectivity index (χ1) is 9.08. The van der Waals surface area contributed by atoms with E-state index in [1.54, 1.807) is 6.08 Å². The van der Waals surface area contributed by atoms with E-state index in [1.807, 2.05) is 6.92 Å². The van der Waals surface area contributed by atoms with Gasteiger partial charge in [-0.05, 0) is 48.7 Å². The van der Waals surface area contributed by atoms with Crippen LogP contribution in [0.5, 0.6) is 0 Å². The molecule has 1 aliphatic rings. The van der Waals surface area contributed by atoms with Gasteiger partial charge in [0.2, 0.25) is 5.91 Å². The number of nitrogens with zero attached hydrogens (tertiary/aromatic N) is 1. The molecular formula is C15H20N2O2. The molecule has 0 unspecified atom stereocenters. The summed E-state index contributed by atoms with van der Waals surface area (Å²) < 4.78 is 5.38. The summed E-state index contributed by atoms with van der Waals surface area (Å²) in [4.78, 5) is 13.1. The maximum atomic E-state index is 10.8. The van der Waals surface area contributed by atoms with Gasteiger partial charge in [0.15, 0.2) is 0 Å². The van der Waals surface area contributed by atoms with Crippen molar-refractivity contribution in [2.75, 3.05) is 31.2 Å². The maximum absolute atomic E-state index is 10.8. The second-order valence-electron chi connectivity index (χ2n) is 4.83. The van der Waals surface area contributed by atoms with Crippen molar-refractivity contribution >= 4 is 17.7 Å². The molecule has 0 aliphatic carbocycles. The van der Waals surface area contributed by atoms with E-state index in [-0.39, 0.29) is 0 Å². The number of primary amides is 1. The molecule has 2 rings (SSSR count). The van der Waals surface area contributed by atoms with E-state index in [1.165, 1.54) is 17.3 Å². The molecule has 1 fully saturated rings. The number of hydrogen-bond donors (Lipinski definition) is 1. The molecule has 1 aromatic carbocycles. The monoisotopic (exact) mass is 260 g/mol. The van der Waals surface area contributed by atoms with Crippen molar-refractivity contribution in [2.24, 2.45) is 5.73 Å². The first-order valence-corrected chi connectivity index (χ1v) is 6.49. The molecule has 102 valence electrons. The maximum Gasteiger partial charge on any atom is 0.241 e. The van der Waals surface area contributed by atoms with Crippen molar-refractivity contribution in [1.82, 2.24) is 0 Å². The molecule has 4 heteroatoms. The van der Waals surface area contributed by atoms with Gasteiger partial charge in [0.25, 0.3) is 0 Å². The van der Waals surface area contributed by atoms with Crippen LogP contribution < -0.4 is 10.6 Å². The van der Waals surface area contributed by atoms with Gasteiger partial charge in [-0.3, -0.25) is 4.79 Å². The minimum Gasteiger partial charge on any atom is -0.378 e. The number of ether oxygens (including phenoxy) is 1. The number of nitrogens with two attached hydrogens (primary N) is 1. The van der Waals surface area contributed by atoms with Gasteiger partial charge in [-0.2, -0.15) is 0 Å². The van der Waals surface area contributed by atoms with Crippen LogP contribution in [0.25, 0.3) is 6.08 Å². The van der Waals surface area contributed by atoms with Gasteiger partial charge in [0.05, 0.1) is 13.2 Å². The first kappa shape index (κ1) is 13.6. The van der Waals surface area contributed by atoms with Crippen LogP contribution in [0, 0.1) is 13.8 Å². The lowest BCUT2D eigenvalue weighted by Crippen LogP contribution is -2.36. The Labute approximate surface area is 113 Å². The van der Waals surface area contributed by atoms with E-state index < -0.39 is 5.91 Å². The van der Waals surface area contributed by atoms with Gasteiger partial charge in [-0.25, -0.2) is 0 Å². The number of anilines is 1. The van der Waals surface area contributed by atoms with E-state index >= 15 is 0 Å². The summed E-state index contributed by atoms with van der Waals surface area (Å²) in [5.74, 6) is -0.422. The Balaban J connectivity index is 2.28. The number of amides is 1. The fourth-order valence-corrected chi connectivity index (χ4v) is 2.32. The Morgan fingerprint density at radius 2 is 1.95 bits per heavy atom. The Morgan fingerprint density at radius 3 is 2.58 bits per heavy atom. The number of rotatable bonds is 3. The second kappa shape index (κ2) is 5.89. The molecule has 0 aromatic heterocycles. The molecular weight excluding hydrogens is 240 g/mol. The van der Waals surface area contributed by atoms with Crippen LogP contribution >= 0.6 is 0 Å². The summed E-state index contributed by atoms with van der Waals surface area (Å²) in [6.07, 6.45) is 3.17. The molecule has 1 amide bonds. The molecule has 1 aliphatic heterocycles. The molecule has 0 spiro atoms. The van der Waals surface area contributed by atoms with E-state index in [0.29, 0.717) is 0 Å². The normalized spacial score (nSPS) is 16.0. The van der Waals surface area contributed by atoms with E-state index in [0.717, 1.165) is 37.4 Å². The van der Waals surface area contributed by atoms with Gasteiger partial charge in [-0.15, -0.1) is 0 Å². The highest BCUT2D eigenvalue weighted by molar-refractivity contribution is 5.90. The topological polar surface area (TPSA) is 55.6 Å². The lowest BCUT2D eigenvalue weighted by Gasteiger charge is -2.30. The zero-order valence-electron chi connectivity index (χ0n) is 11.5. The van der Waals surface area contributed by atoms with Crippen molar-refractivity contribution in [2.45, 2.75) is 13.8 Å². The van der Waals surface area contributed by atoms with Crippen LogP contribution in [0.3, 0.4) is 0 Å². The summed E-state index contributed by atoms with van der Waals surface area (Å²) in [5.41, 5.74) is 9.76. The summed E-state index contributed by atoms with van der Waals surface area (Å²) in [7, 11) is 0. The highest BCUT2D eigenvalue weighted by Crippen LogP contribution is 2.25.